The maximum absolute atomic E-state index is 14.2. The average molecular weight is 406 g/mol. The number of carboxylic acids is 1. The second-order valence-corrected chi connectivity index (χ2v) is 6.51. The summed E-state index contributed by atoms with van der Waals surface area (Å²) in [6, 6.07) is 10.9. The molecule has 0 aliphatic carbocycles. The molecule has 1 fully saturated rings. The number of nitrogens with one attached hydrogen (secondary N) is 1. The number of para-hydroxylation sites is 2. The zero-order valence-electron chi connectivity index (χ0n) is 15.3. The monoisotopic (exact) mass is 406 g/mol. The van der Waals surface area contributed by atoms with Crippen molar-refractivity contribution >= 4 is 46.5 Å². The van der Waals surface area contributed by atoms with E-state index in [9.17, 15) is 28.7 Å². The van der Waals surface area contributed by atoms with Gasteiger partial charge in [-0.1, -0.05) is 30.3 Å². The summed E-state index contributed by atoms with van der Waals surface area (Å²) in [6.45, 7) is -0.427. The highest BCUT2D eigenvalue weighted by Gasteiger charge is 2.38. The van der Waals surface area contributed by atoms with Gasteiger partial charge in [0.15, 0.2) is 0 Å². The summed E-state index contributed by atoms with van der Waals surface area (Å²) >= 11 is 0. The Balaban J connectivity index is 1.82. The number of carbonyl (C=O) groups excluding carboxylic acids is 4. The van der Waals surface area contributed by atoms with Crippen LogP contribution in [-0.2, 0) is 20.9 Å². The number of carboxylic acid groups (broad SMARTS) is 1. The van der Waals surface area contributed by atoms with E-state index in [1.54, 1.807) is 24.3 Å². The molecular weight excluding hydrogens is 393 g/mol. The molecule has 0 bridgehead atoms. The molecule has 3 aromatic rings. The number of hydrogen-bond acceptors (Lipinski definition) is 5. The maximum Gasteiger partial charge on any atom is 0.336 e. The van der Waals surface area contributed by atoms with Gasteiger partial charge in [-0.2, -0.15) is 0 Å². The van der Waals surface area contributed by atoms with Crippen LogP contribution < -0.4 is 15.3 Å². The largest absolute Gasteiger partial charge is 0.548 e. The van der Waals surface area contributed by atoms with Crippen LogP contribution in [0.3, 0.4) is 0 Å². The van der Waals surface area contributed by atoms with Crippen molar-refractivity contribution < 1.29 is 28.7 Å². The van der Waals surface area contributed by atoms with Crippen molar-refractivity contribution in [1.29, 1.82) is 0 Å². The van der Waals surface area contributed by atoms with Crippen molar-refractivity contribution in [3.05, 3.63) is 71.7 Å². The molecule has 1 N–H and O–H groups in total. The summed E-state index contributed by atoms with van der Waals surface area (Å²) in [5.74, 6) is -4.04. The lowest BCUT2D eigenvalue weighted by Gasteiger charge is -2.26. The Labute approximate surface area is 168 Å². The quantitative estimate of drug-likeness (QED) is 0.517. The normalized spacial score (nSPS) is 15.7. The fourth-order valence-electron chi connectivity index (χ4n) is 3.32. The predicted molar refractivity (Wildman–Crippen MR) is 102 cm³/mol. The number of barbiturate groups is 1. The van der Waals surface area contributed by atoms with Gasteiger partial charge in [-0.15, -0.1) is 0 Å². The van der Waals surface area contributed by atoms with E-state index in [4.69, 9.17) is 0 Å². The number of amides is 4. The Bertz CT molecular complexity index is 1260. The topological polar surface area (TPSA) is 112 Å². The molecule has 1 aliphatic rings. The van der Waals surface area contributed by atoms with Gasteiger partial charge in [0.05, 0.1) is 18.2 Å². The molecule has 0 atom stereocenters. The Morgan fingerprint density at radius 2 is 1.77 bits per heavy atom. The molecule has 0 radical (unpaired) electrons. The number of anilines is 1. The first-order chi connectivity index (χ1) is 14.4. The highest BCUT2D eigenvalue weighted by Crippen LogP contribution is 2.27. The number of benzene rings is 2. The van der Waals surface area contributed by atoms with Crippen LogP contribution in [0.1, 0.15) is 5.56 Å². The van der Waals surface area contributed by atoms with E-state index in [1.807, 2.05) is 5.32 Å². The van der Waals surface area contributed by atoms with Gasteiger partial charge in [0.1, 0.15) is 11.4 Å². The first kappa shape index (κ1) is 19.1. The van der Waals surface area contributed by atoms with Crippen LogP contribution in [0.5, 0.6) is 0 Å². The van der Waals surface area contributed by atoms with E-state index >= 15 is 0 Å². The highest BCUT2D eigenvalue weighted by molar-refractivity contribution is 6.39. The third kappa shape index (κ3) is 3.22. The number of nitrogens with zero attached hydrogens (tertiary/aromatic N) is 2. The second-order valence-electron chi connectivity index (χ2n) is 6.51. The van der Waals surface area contributed by atoms with E-state index in [1.165, 1.54) is 35.0 Å². The molecule has 2 aromatic carbocycles. The van der Waals surface area contributed by atoms with Crippen molar-refractivity contribution in [3.63, 3.8) is 0 Å². The van der Waals surface area contributed by atoms with E-state index in [2.05, 4.69) is 0 Å². The zero-order valence-corrected chi connectivity index (χ0v) is 15.3. The Kier molecular flexibility index (Phi) is 4.63. The van der Waals surface area contributed by atoms with Gasteiger partial charge in [0.25, 0.3) is 11.8 Å². The number of rotatable bonds is 4. The first-order valence-corrected chi connectivity index (χ1v) is 8.80. The number of fused-ring (bicyclic) bond motifs is 1. The van der Waals surface area contributed by atoms with Crippen molar-refractivity contribution in [2.24, 2.45) is 0 Å². The number of urea groups is 1. The van der Waals surface area contributed by atoms with Gasteiger partial charge in [-0.05, 0) is 24.3 Å². The van der Waals surface area contributed by atoms with Crippen molar-refractivity contribution in [3.8, 4) is 0 Å². The van der Waals surface area contributed by atoms with Crippen LogP contribution in [-0.4, -0.2) is 28.4 Å². The zero-order chi connectivity index (χ0) is 21.4. The average Bonchev–Trinajstić information content (AvgIpc) is 3.03. The smallest absolute Gasteiger partial charge is 0.336 e. The summed E-state index contributed by atoms with van der Waals surface area (Å²) in [5.41, 5.74) is 0.249. The number of imide groups is 2. The molecule has 0 saturated carbocycles. The van der Waals surface area contributed by atoms with Gasteiger partial charge >= 0.3 is 6.03 Å². The standard InChI is InChI=1S/C21H14FN3O5/c22-15-6-2-4-8-17(15)25-20(29)14(19(28)23-21(25)30)9-12-10-24(11-18(26)27)16-7-3-1-5-13(12)16/h1-10H,11H2,(H,26,27)(H,23,28,30)/p-1/b14-9-. The van der Waals surface area contributed by atoms with Crippen LogP contribution in [0.25, 0.3) is 17.0 Å². The highest BCUT2D eigenvalue weighted by atomic mass is 19.1. The number of aliphatic carboxylic acids is 1. The van der Waals surface area contributed by atoms with E-state index in [-0.39, 0.29) is 5.69 Å². The van der Waals surface area contributed by atoms with Crippen molar-refractivity contribution in [1.82, 2.24) is 9.88 Å². The maximum atomic E-state index is 14.2. The van der Waals surface area contributed by atoms with Gasteiger partial charge in [-0.3, -0.25) is 14.9 Å². The SMILES string of the molecule is O=C([O-])Cn1cc(/C=C2/C(=O)NC(=O)N(c3ccccc3F)C2=O)c2ccccc21. The summed E-state index contributed by atoms with van der Waals surface area (Å²) in [7, 11) is 0. The molecule has 0 unspecified atom stereocenters. The lowest BCUT2D eigenvalue weighted by molar-refractivity contribution is -0.306. The number of aromatic nitrogens is 1. The van der Waals surface area contributed by atoms with Crippen LogP contribution in [0.2, 0.25) is 0 Å². The second kappa shape index (κ2) is 7.28. The minimum absolute atomic E-state index is 0.294. The summed E-state index contributed by atoms with van der Waals surface area (Å²) < 4.78 is 15.6. The van der Waals surface area contributed by atoms with Crippen LogP contribution >= 0.6 is 0 Å². The number of carbonyl (C=O) groups is 4. The Morgan fingerprint density at radius 3 is 2.50 bits per heavy atom. The molecule has 1 aliphatic heterocycles. The minimum Gasteiger partial charge on any atom is -0.548 e. The molecule has 1 saturated heterocycles. The molecule has 4 rings (SSSR count). The predicted octanol–water partition coefficient (Wildman–Crippen LogP) is 1.20. The minimum atomic E-state index is -1.31. The fourth-order valence-corrected chi connectivity index (χ4v) is 3.32. The lowest BCUT2D eigenvalue weighted by Crippen LogP contribution is -2.54. The van der Waals surface area contributed by atoms with E-state index in [0.29, 0.717) is 21.4 Å². The molecule has 2 heterocycles. The van der Waals surface area contributed by atoms with Gasteiger partial charge in [0, 0.05) is 22.7 Å². The molecule has 30 heavy (non-hydrogen) atoms. The fraction of sp³-hybridized carbons (Fsp3) is 0.0476. The van der Waals surface area contributed by atoms with Gasteiger partial charge < -0.3 is 14.5 Å². The lowest BCUT2D eigenvalue weighted by atomic mass is 10.1. The molecule has 0 spiro atoms. The molecule has 8 nitrogen and oxygen atoms in total. The van der Waals surface area contributed by atoms with E-state index in [0.717, 1.165) is 6.07 Å². The number of halogens is 1. The molecule has 1 aromatic heterocycles. The van der Waals surface area contributed by atoms with E-state index < -0.39 is 41.7 Å². The van der Waals surface area contributed by atoms with Gasteiger partial charge in [-0.25, -0.2) is 14.1 Å². The third-order valence-electron chi connectivity index (χ3n) is 4.61. The first-order valence-electron chi connectivity index (χ1n) is 8.80. The summed E-state index contributed by atoms with van der Waals surface area (Å²) in [4.78, 5) is 49.1. The van der Waals surface area contributed by atoms with Crippen molar-refractivity contribution in [2.45, 2.75) is 6.54 Å². The Hall–Kier alpha value is -4.27. The summed E-state index contributed by atoms with van der Waals surface area (Å²) in [6.07, 6.45) is 2.70. The molecule has 9 heteroatoms. The van der Waals surface area contributed by atoms with Crippen molar-refractivity contribution in [2.75, 3.05) is 4.90 Å². The molecule has 4 amide bonds. The van der Waals surface area contributed by atoms with Crippen LogP contribution in [0.15, 0.2) is 60.3 Å². The number of hydrogen-bond donors (Lipinski definition) is 1. The summed E-state index contributed by atoms with van der Waals surface area (Å²) in [5, 5.41) is 13.6. The Morgan fingerprint density at radius 1 is 1.07 bits per heavy atom. The van der Waals surface area contributed by atoms with Crippen LogP contribution in [0.4, 0.5) is 14.9 Å². The third-order valence-corrected chi connectivity index (χ3v) is 4.61. The van der Waals surface area contributed by atoms with Gasteiger partial charge in [0.2, 0.25) is 0 Å². The van der Waals surface area contributed by atoms with Crippen LogP contribution in [0, 0.1) is 5.82 Å². The molecular formula is C21H13FN3O5-. The molecule has 150 valence electrons.